The zero-order chi connectivity index (χ0) is 11.3. The predicted octanol–water partition coefficient (Wildman–Crippen LogP) is -1.40. The van der Waals surface area contributed by atoms with Gasteiger partial charge in [-0.05, 0) is 30.7 Å². The third kappa shape index (κ3) is 7.19. The molecule has 1 rings (SSSR count). The van der Waals surface area contributed by atoms with Gasteiger partial charge in [-0.3, -0.25) is 4.55 Å². The van der Waals surface area contributed by atoms with E-state index in [9.17, 15) is 12.8 Å². The molecule has 0 amide bonds. The topological polar surface area (TPSA) is 63.6 Å². The fourth-order valence-corrected chi connectivity index (χ4v) is 1.44. The Morgan fingerprint density at radius 1 is 1.31 bits per heavy atom. The molecule has 0 aliphatic heterocycles. The first-order valence-electron chi connectivity index (χ1n) is 4.31. The van der Waals surface area contributed by atoms with E-state index in [-0.39, 0.29) is 55.6 Å². The van der Waals surface area contributed by atoms with Gasteiger partial charge < -0.3 is 6.16 Å². The van der Waals surface area contributed by atoms with Crippen LogP contribution in [-0.2, 0) is 10.1 Å². The molecule has 16 heavy (non-hydrogen) atoms. The van der Waals surface area contributed by atoms with Crippen LogP contribution in [0.2, 0.25) is 0 Å². The molecule has 0 unspecified atom stereocenters. The minimum absolute atomic E-state index is 0. The molecule has 0 bridgehead atoms. The van der Waals surface area contributed by atoms with Crippen molar-refractivity contribution >= 4 is 10.1 Å². The number of ether oxygens (including phenoxy) is 1. The van der Waals surface area contributed by atoms with Crippen LogP contribution in [0.4, 0.5) is 4.39 Å². The molecule has 1 N–H and O–H groups in total. The summed E-state index contributed by atoms with van der Waals surface area (Å²) < 4.78 is 46.7. The Morgan fingerprint density at radius 2 is 1.88 bits per heavy atom. The van der Waals surface area contributed by atoms with Crippen LogP contribution in [0, 0.1) is 5.82 Å². The summed E-state index contributed by atoms with van der Waals surface area (Å²) in [6, 6.07) is 5.39. The van der Waals surface area contributed by atoms with Gasteiger partial charge in [0.05, 0.1) is 12.4 Å². The molecule has 0 aliphatic rings. The first-order valence-corrected chi connectivity index (χ1v) is 5.92. The fourth-order valence-electron chi connectivity index (χ4n) is 0.962. The molecule has 0 aliphatic carbocycles. The van der Waals surface area contributed by atoms with Crippen molar-refractivity contribution in [1.82, 2.24) is 0 Å². The quantitative estimate of drug-likeness (QED) is 0.401. The van der Waals surface area contributed by atoms with E-state index in [1.54, 1.807) is 0 Å². The maximum atomic E-state index is 12.5. The summed E-state index contributed by atoms with van der Waals surface area (Å²) in [5, 5.41) is 0. The average molecular weight is 258 g/mol. The Bertz CT molecular complexity index is 410. The number of hydrogen-bond acceptors (Lipinski definition) is 3. The van der Waals surface area contributed by atoms with E-state index in [0.717, 1.165) is 0 Å². The second kappa shape index (κ2) is 7.24. The van der Waals surface area contributed by atoms with Crippen molar-refractivity contribution in [2.75, 3.05) is 12.4 Å². The number of rotatable bonds is 5. The van der Waals surface area contributed by atoms with Crippen molar-refractivity contribution in [1.29, 1.82) is 0 Å². The molecule has 1 aromatic carbocycles. The molecule has 0 heterocycles. The van der Waals surface area contributed by atoms with Gasteiger partial charge in [0.15, 0.2) is 0 Å². The number of halogens is 1. The Kier molecular flexibility index (Phi) is 7.17. The van der Waals surface area contributed by atoms with Gasteiger partial charge in [0.25, 0.3) is 10.1 Å². The summed E-state index contributed by atoms with van der Waals surface area (Å²) in [6.45, 7) is 0.158. The standard InChI is InChI=1S/C9H11FO4S.Na.H/c10-8-2-4-9(5-3-8)14-6-1-7-15(11,12)13;;/h2-5H,1,6-7H2,(H,11,12,13);;/q;+1;-1. The first kappa shape index (κ1) is 15.9. The second-order valence-electron chi connectivity index (χ2n) is 2.94. The Labute approximate surface area is 117 Å². The van der Waals surface area contributed by atoms with E-state index >= 15 is 0 Å². The minimum Gasteiger partial charge on any atom is -1.00 e. The van der Waals surface area contributed by atoms with Gasteiger partial charge in [0, 0.05) is 0 Å². The van der Waals surface area contributed by atoms with E-state index in [1.807, 2.05) is 0 Å². The molecule has 0 spiro atoms. The predicted molar refractivity (Wildman–Crippen MR) is 54.0 cm³/mol. The normalized spacial score (nSPS) is 10.6. The van der Waals surface area contributed by atoms with E-state index in [4.69, 9.17) is 9.29 Å². The van der Waals surface area contributed by atoms with Gasteiger partial charge in [-0.2, -0.15) is 8.42 Å². The average Bonchev–Trinajstić information content (AvgIpc) is 2.14. The maximum absolute atomic E-state index is 12.5. The summed E-state index contributed by atoms with van der Waals surface area (Å²) in [5.74, 6) is -0.235. The van der Waals surface area contributed by atoms with Gasteiger partial charge in [-0.1, -0.05) is 0 Å². The van der Waals surface area contributed by atoms with Crippen molar-refractivity contribution < 1.29 is 53.1 Å². The van der Waals surface area contributed by atoms with Gasteiger partial charge in [-0.25, -0.2) is 4.39 Å². The summed E-state index contributed by atoms with van der Waals surface area (Å²) in [4.78, 5) is 0. The monoisotopic (exact) mass is 258 g/mol. The van der Waals surface area contributed by atoms with Crippen LogP contribution in [0.15, 0.2) is 24.3 Å². The number of benzene rings is 1. The second-order valence-corrected chi connectivity index (χ2v) is 4.51. The number of hydrogen-bond donors (Lipinski definition) is 1. The minimum atomic E-state index is -3.93. The third-order valence-electron chi connectivity index (χ3n) is 1.63. The molecule has 7 heteroatoms. The molecule has 86 valence electrons. The molecule has 0 atom stereocenters. The van der Waals surface area contributed by atoms with E-state index in [0.29, 0.717) is 5.75 Å². The fraction of sp³-hybridized carbons (Fsp3) is 0.333. The van der Waals surface area contributed by atoms with Crippen LogP contribution in [0.3, 0.4) is 0 Å². The van der Waals surface area contributed by atoms with Crippen molar-refractivity contribution in [2.24, 2.45) is 0 Å². The molecule has 4 nitrogen and oxygen atoms in total. The van der Waals surface area contributed by atoms with E-state index < -0.39 is 10.1 Å². The SMILES string of the molecule is O=S(=O)(O)CCCOc1ccc(F)cc1.[H-].[Na+]. The smallest absolute Gasteiger partial charge is 1.00 e. The molecule has 0 saturated heterocycles. The van der Waals surface area contributed by atoms with Crippen molar-refractivity contribution in [2.45, 2.75) is 6.42 Å². The van der Waals surface area contributed by atoms with Gasteiger partial charge >= 0.3 is 29.6 Å². The van der Waals surface area contributed by atoms with Crippen LogP contribution in [0.1, 0.15) is 7.85 Å². The maximum Gasteiger partial charge on any atom is 1.00 e. The molecule has 0 aromatic heterocycles. The summed E-state index contributed by atoms with van der Waals surface area (Å²) in [6.07, 6.45) is 0.191. The molecular weight excluding hydrogens is 246 g/mol. The largest absolute Gasteiger partial charge is 1.00 e. The van der Waals surface area contributed by atoms with Crippen molar-refractivity contribution in [3.8, 4) is 5.75 Å². The van der Waals surface area contributed by atoms with Crippen molar-refractivity contribution in [3.63, 3.8) is 0 Å². The van der Waals surface area contributed by atoms with Crippen LogP contribution in [0.5, 0.6) is 5.75 Å². The Balaban J connectivity index is 0. The van der Waals surface area contributed by atoms with Crippen LogP contribution < -0.4 is 34.3 Å². The van der Waals surface area contributed by atoms with Crippen LogP contribution in [0.25, 0.3) is 0 Å². The first-order chi connectivity index (χ1) is 6.97. The Hall–Kier alpha value is -0.140. The van der Waals surface area contributed by atoms with Gasteiger partial charge in [-0.15, -0.1) is 0 Å². The molecule has 1 aromatic rings. The Morgan fingerprint density at radius 3 is 2.38 bits per heavy atom. The zero-order valence-corrected chi connectivity index (χ0v) is 11.7. The third-order valence-corrected chi connectivity index (χ3v) is 2.43. The molecule has 0 saturated carbocycles. The van der Waals surface area contributed by atoms with Crippen molar-refractivity contribution in [3.05, 3.63) is 30.1 Å². The zero-order valence-electron chi connectivity index (χ0n) is 9.89. The van der Waals surface area contributed by atoms with E-state index in [1.165, 1.54) is 24.3 Å². The van der Waals surface area contributed by atoms with Crippen LogP contribution >= 0.6 is 0 Å². The van der Waals surface area contributed by atoms with Gasteiger partial charge in [0.1, 0.15) is 11.6 Å². The van der Waals surface area contributed by atoms with E-state index in [2.05, 4.69) is 0 Å². The van der Waals surface area contributed by atoms with Crippen LogP contribution in [-0.4, -0.2) is 25.3 Å². The van der Waals surface area contributed by atoms with Gasteiger partial charge in [0.2, 0.25) is 0 Å². The summed E-state index contributed by atoms with van der Waals surface area (Å²) in [5.41, 5.74) is 0. The molecular formula is C9H12FNaO4S. The molecule has 0 radical (unpaired) electrons. The summed E-state index contributed by atoms with van der Waals surface area (Å²) >= 11 is 0. The molecule has 0 fully saturated rings. The summed E-state index contributed by atoms with van der Waals surface area (Å²) in [7, 11) is -3.93.